The van der Waals surface area contributed by atoms with Crippen molar-refractivity contribution >= 4 is 28.6 Å². The summed E-state index contributed by atoms with van der Waals surface area (Å²) in [6.45, 7) is 3.77. The predicted octanol–water partition coefficient (Wildman–Crippen LogP) is 2.92. The van der Waals surface area contributed by atoms with Crippen LogP contribution in [0.4, 0.5) is 0 Å². The van der Waals surface area contributed by atoms with Gasteiger partial charge in [0, 0.05) is 6.54 Å². The van der Waals surface area contributed by atoms with Crippen LogP contribution < -0.4 is 4.74 Å². The minimum Gasteiger partial charge on any atom is -0.504 e. The third kappa shape index (κ3) is 4.04. The fourth-order valence-electron chi connectivity index (χ4n) is 2.79. The molecule has 1 fully saturated rings. The number of piperidine rings is 1. The lowest BCUT2D eigenvalue weighted by molar-refractivity contribution is -0.151. The quantitative estimate of drug-likeness (QED) is 0.588. The Hall–Kier alpha value is -1.02. The van der Waals surface area contributed by atoms with E-state index in [1.54, 1.807) is 0 Å². The number of likely N-dealkylation sites (tertiary alicyclic amines) is 1. The predicted molar refractivity (Wildman–Crippen MR) is 92.1 cm³/mol. The van der Waals surface area contributed by atoms with E-state index >= 15 is 0 Å². The molecular formula is C16H22INO4. The van der Waals surface area contributed by atoms with Crippen LogP contribution in [0.1, 0.15) is 31.7 Å². The zero-order valence-corrected chi connectivity index (χ0v) is 15.1. The largest absolute Gasteiger partial charge is 0.504 e. The maximum Gasteiger partial charge on any atom is 0.323 e. The van der Waals surface area contributed by atoms with Crippen molar-refractivity contribution in [1.82, 2.24) is 4.90 Å². The van der Waals surface area contributed by atoms with E-state index in [-0.39, 0.29) is 17.8 Å². The highest BCUT2D eigenvalue weighted by molar-refractivity contribution is 14.1. The fourth-order valence-corrected chi connectivity index (χ4v) is 3.46. The molecule has 1 heterocycles. The Bertz CT molecular complexity index is 535. The lowest BCUT2D eigenvalue weighted by Gasteiger charge is -2.34. The van der Waals surface area contributed by atoms with Gasteiger partial charge in [-0.3, -0.25) is 9.69 Å². The molecule has 1 aromatic rings. The SMILES string of the molecule is CCOC(=O)[C@@H]1CCCCN1Cc1cc(I)c(O)c(OC)c1. The van der Waals surface area contributed by atoms with Crippen LogP contribution in [0, 0.1) is 3.57 Å². The normalized spacial score (nSPS) is 19.0. The number of esters is 1. The Kier molecular flexibility index (Phi) is 6.31. The van der Waals surface area contributed by atoms with Crippen molar-refractivity contribution in [2.45, 2.75) is 38.8 Å². The molecule has 0 aliphatic carbocycles. The van der Waals surface area contributed by atoms with Gasteiger partial charge in [-0.2, -0.15) is 0 Å². The molecule has 6 heteroatoms. The standard InChI is InChI=1S/C16H22INO4/c1-3-22-16(20)13-6-4-5-7-18(13)10-11-8-12(17)15(19)14(9-11)21-2/h8-9,13,19H,3-7,10H2,1-2H3/t13-/m0/s1. The van der Waals surface area contributed by atoms with Crippen molar-refractivity contribution in [2.75, 3.05) is 20.3 Å². The van der Waals surface area contributed by atoms with Crippen LogP contribution in [0.25, 0.3) is 0 Å². The van der Waals surface area contributed by atoms with Crippen molar-refractivity contribution < 1.29 is 19.4 Å². The number of benzene rings is 1. The molecule has 1 N–H and O–H groups in total. The number of nitrogens with zero attached hydrogens (tertiary/aromatic N) is 1. The van der Waals surface area contributed by atoms with Gasteiger partial charge >= 0.3 is 5.97 Å². The summed E-state index contributed by atoms with van der Waals surface area (Å²) < 4.78 is 11.1. The number of halogens is 1. The molecule has 0 amide bonds. The van der Waals surface area contributed by atoms with Gasteiger partial charge in [-0.25, -0.2) is 0 Å². The molecule has 0 spiro atoms. The number of phenols is 1. The van der Waals surface area contributed by atoms with Crippen LogP contribution in [-0.2, 0) is 16.1 Å². The van der Waals surface area contributed by atoms with Crippen LogP contribution >= 0.6 is 22.6 Å². The summed E-state index contributed by atoms with van der Waals surface area (Å²) in [6, 6.07) is 3.58. The van der Waals surface area contributed by atoms with Crippen molar-refractivity contribution in [3.8, 4) is 11.5 Å². The molecule has 5 nitrogen and oxygen atoms in total. The van der Waals surface area contributed by atoms with Crippen LogP contribution in [0.2, 0.25) is 0 Å². The second-order valence-electron chi connectivity index (χ2n) is 5.36. The van der Waals surface area contributed by atoms with E-state index in [1.807, 2.05) is 19.1 Å². The van der Waals surface area contributed by atoms with Crippen molar-refractivity contribution in [2.24, 2.45) is 0 Å². The number of rotatable bonds is 5. The topological polar surface area (TPSA) is 59.0 Å². The van der Waals surface area contributed by atoms with Gasteiger partial charge in [-0.15, -0.1) is 0 Å². The molecule has 2 rings (SSSR count). The first-order valence-electron chi connectivity index (χ1n) is 7.52. The molecule has 0 saturated carbocycles. The molecule has 1 atom stereocenters. The first-order chi connectivity index (χ1) is 10.6. The highest BCUT2D eigenvalue weighted by atomic mass is 127. The Morgan fingerprint density at radius 3 is 2.91 bits per heavy atom. The molecule has 1 aliphatic heterocycles. The fraction of sp³-hybridized carbons (Fsp3) is 0.562. The minimum absolute atomic E-state index is 0.136. The second-order valence-corrected chi connectivity index (χ2v) is 6.52. The molecule has 0 aromatic heterocycles. The number of carbonyl (C=O) groups excluding carboxylic acids is 1. The van der Waals surface area contributed by atoms with Crippen LogP contribution in [0.5, 0.6) is 11.5 Å². The van der Waals surface area contributed by atoms with E-state index in [1.165, 1.54) is 7.11 Å². The Labute approximate surface area is 144 Å². The number of phenolic OH excluding ortho intramolecular Hbond substituents is 1. The van der Waals surface area contributed by atoms with Gasteiger partial charge in [0.1, 0.15) is 6.04 Å². The van der Waals surface area contributed by atoms with Crippen molar-refractivity contribution in [3.05, 3.63) is 21.3 Å². The molecule has 122 valence electrons. The summed E-state index contributed by atoms with van der Waals surface area (Å²) in [4.78, 5) is 14.3. The molecule has 1 aliphatic rings. The number of methoxy groups -OCH3 is 1. The third-order valence-corrected chi connectivity index (χ3v) is 4.69. The zero-order chi connectivity index (χ0) is 16.1. The number of ether oxygens (including phenoxy) is 2. The summed E-state index contributed by atoms with van der Waals surface area (Å²) >= 11 is 2.08. The molecule has 1 aromatic carbocycles. The smallest absolute Gasteiger partial charge is 0.323 e. The van der Waals surface area contributed by atoms with Crippen molar-refractivity contribution in [3.63, 3.8) is 0 Å². The number of carbonyl (C=O) groups is 1. The molecule has 0 bridgehead atoms. The van der Waals surface area contributed by atoms with Crippen LogP contribution in [0.15, 0.2) is 12.1 Å². The van der Waals surface area contributed by atoms with E-state index in [9.17, 15) is 9.90 Å². The van der Waals surface area contributed by atoms with E-state index in [0.29, 0.717) is 18.9 Å². The maximum atomic E-state index is 12.1. The highest BCUT2D eigenvalue weighted by Gasteiger charge is 2.30. The van der Waals surface area contributed by atoms with Gasteiger partial charge in [0.05, 0.1) is 17.3 Å². The summed E-state index contributed by atoms with van der Waals surface area (Å²) in [6.07, 6.45) is 2.98. The van der Waals surface area contributed by atoms with Crippen molar-refractivity contribution in [1.29, 1.82) is 0 Å². The Morgan fingerprint density at radius 2 is 2.23 bits per heavy atom. The Balaban J connectivity index is 2.16. The van der Waals surface area contributed by atoms with Gasteiger partial charge in [-0.1, -0.05) is 6.42 Å². The average Bonchev–Trinajstić information content (AvgIpc) is 2.51. The number of hydrogen-bond donors (Lipinski definition) is 1. The van der Waals surface area contributed by atoms with Gasteiger partial charge in [-0.05, 0) is 66.6 Å². The van der Waals surface area contributed by atoms with Gasteiger partial charge in [0.2, 0.25) is 0 Å². The lowest BCUT2D eigenvalue weighted by atomic mass is 10.0. The van der Waals surface area contributed by atoms with E-state index in [0.717, 1.165) is 34.9 Å². The summed E-state index contributed by atoms with van der Waals surface area (Å²) in [5, 5.41) is 9.92. The number of hydrogen-bond acceptors (Lipinski definition) is 5. The third-order valence-electron chi connectivity index (χ3n) is 3.87. The Morgan fingerprint density at radius 1 is 1.45 bits per heavy atom. The monoisotopic (exact) mass is 419 g/mol. The molecule has 0 unspecified atom stereocenters. The van der Waals surface area contributed by atoms with E-state index in [4.69, 9.17) is 9.47 Å². The summed E-state index contributed by atoms with van der Waals surface area (Å²) in [5.74, 6) is 0.488. The van der Waals surface area contributed by atoms with E-state index < -0.39 is 0 Å². The number of aromatic hydroxyl groups is 1. The van der Waals surface area contributed by atoms with E-state index in [2.05, 4.69) is 27.5 Å². The molecule has 0 radical (unpaired) electrons. The molecule has 1 saturated heterocycles. The minimum atomic E-state index is -0.175. The first-order valence-corrected chi connectivity index (χ1v) is 8.60. The van der Waals surface area contributed by atoms with Crippen LogP contribution in [-0.4, -0.2) is 42.3 Å². The van der Waals surface area contributed by atoms with Gasteiger partial charge < -0.3 is 14.6 Å². The maximum absolute atomic E-state index is 12.1. The van der Waals surface area contributed by atoms with Gasteiger partial charge in [0.25, 0.3) is 0 Å². The summed E-state index contributed by atoms with van der Waals surface area (Å²) in [7, 11) is 1.54. The summed E-state index contributed by atoms with van der Waals surface area (Å²) in [5.41, 5.74) is 1.02. The second kappa shape index (κ2) is 8.01. The lowest BCUT2D eigenvalue weighted by Crippen LogP contribution is -2.44. The highest BCUT2D eigenvalue weighted by Crippen LogP contribution is 2.33. The van der Waals surface area contributed by atoms with Crippen LogP contribution in [0.3, 0.4) is 0 Å². The van der Waals surface area contributed by atoms with Gasteiger partial charge in [0.15, 0.2) is 11.5 Å². The molecular weight excluding hydrogens is 397 g/mol. The zero-order valence-electron chi connectivity index (χ0n) is 13.0. The molecule has 22 heavy (non-hydrogen) atoms. The average molecular weight is 419 g/mol. The first kappa shape index (κ1) is 17.3.